The van der Waals surface area contributed by atoms with E-state index in [1.807, 2.05) is 11.3 Å². The van der Waals surface area contributed by atoms with Gasteiger partial charge in [0.15, 0.2) is 5.13 Å². The van der Waals surface area contributed by atoms with Crippen LogP contribution in [0, 0.1) is 0 Å². The highest BCUT2D eigenvalue weighted by Gasteiger charge is 2.18. The molecule has 182 valence electrons. The molecule has 0 aliphatic carbocycles. The Balaban J connectivity index is 1.30. The second-order valence-corrected chi connectivity index (χ2v) is 12.1. The summed E-state index contributed by atoms with van der Waals surface area (Å²) >= 11 is 3.65. The van der Waals surface area contributed by atoms with Crippen LogP contribution in [0.15, 0.2) is 121 Å². The number of nitrogens with zero attached hydrogens (tertiary/aromatic N) is 2. The van der Waals surface area contributed by atoms with Crippen LogP contribution in [0.5, 0.6) is 0 Å². The van der Waals surface area contributed by atoms with Crippen LogP contribution in [0.4, 0.5) is 0 Å². The SMILES string of the molecule is c1ccc2cc(-c3ccc4c(c3)c3ccccc3n4-c3nc4ccc5sc6ccccc6c5c4s3)ccc2c1. The molecule has 0 aliphatic heterocycles. The van der Waals surface area contributed by atoms with Gasteiger partial charge in [0.05, 0.1) is 21.3 Å². The van der Waals surface area contributed by atoms with Crippen molar-refractivity contribution in [1.29, 1.82) is 0 Å². The van der Waals surface area contributed by atoms with Crippen LogP contribution in [-0.2, 0) is 0 Å². The van der Waals surface area contributed by atoms with E-state index in [0.29, 0.717) is 0 Å². The average molecular weight is 533 g/mol. The van der Waals surface area contributed by atoms with Gasteiger partial charge in [0.25, 0.3) is 0 Å². The van der Waals surface area contributed by atoms with Gasteiger partial charge in [-0.3, -0.25) is 4.57 Å². The summed E-state index contributed by atoms with van der Waals surface area (Å²) in [7, 11) is 0. The molecule has 0 N–H and O–H groups in total. The summed E-state index contributed by atoms with van der Waals surface area (Å²) in [5.74, 6) is 0. The van der Waals surface area contributed by atoms with E-state index in [4.69, 9.17) is 4.98 Å². The Kier molecular flexibility index (Phi) is 4.39. The maximum atomic E-state index is 5.19. The molecule has 0 amide bonds. The second-order valence-electron chi connectivity index (χ2n) is 10.0. The van der Waals surface area contributed by atoms with E-state index in [9.17, 15) is 0 Å². The van der Waals surface area contributed by atoms with Gasteiger partial charge in [0, 0.05) is 30.9 Å². The highest BCUT2D eigenvalue weighted by molar-refractivity contribution is 7.28. The molecule has 0 aliphatic rings. The fourth-order valence-electron chi connectivity index (χ4n) is 6.01. The van der Waals surface area contributed by atoms with Crippen molar-refractivity contribution in [2.75, 3.05) is 0 Å². The lowest BCUT2D eigenvalue weighted by atomic mass is 9.99. The predicted octanol–water partition coefficient (Wildman–Crippen LogP) is 10.6. The van der Waals surface area contributed by atoms with Crippen LogP contribution in [0.2, 0.25) is 0 Å². The highest BCUT2D eigenvalue weighted by atomic mass is 32.1. The van der Waals surface area contributed by atoms with Gasteiger partial charge in [-0.25, -0.2) is 4.98 Å². The summed E-state index contributed by atoms with van der Waals surface area (Å²) in [6.07, 6.45) is 0. The van der Waals surface area contributed by atoms with Crippen molar-refractivity contribution >= 4 is 85.6 Å². The van der Waals surface area contributed by atoms with Crippen LogP contribution >= 0.6 is 22.7 Å². The molecule has 9 rings (SSSR count). The van der Waals surface area contributed by atoms with E-state index in [0.717, 1.165) is 10.6 Å². The Morgan fingerprint density at radius 2 is 1.26 bits per heavy atom. The summed E-state index contributed by atoms with van der Waals surface area (Å²) in [4.78, 5) is 5.19. The highest BCUT2D eigenvalue weighted by Crippen LogP contribution is 2.43. The topological polar surface area (TPSA) is 17.8 Å². The summed E-state index contributed by atoms with van der Waals surface area (Å²) in [5.41, 5.74) is 5.90. The second kappa shape index (κ2) is 8.00. The zero-order valence-electron chi connectivity index (χ0n) is 20.8. The molecule has 3 heterocycles. The number of hydrogen-bond donors (Lipinski definition) is 0. The largest absolute Gasteiger partial charge is 0.285 e. The minimum Gasteiger partial charge on any atom is -0.285 e. The zero-order chi connectivity index (χ0) is 25.5. The van der Waals surface area contributed by atoms with Gasteiger partial charge in [0.1, 0.15) is 0 Å². The summed E-state index contributed by atoms with van der Waals surface area (Å²) in [5, 5.41) is 8.69. The van der Waals surface area contributed by atoms with Crippen LogP contribution in [0.3, 0.4) is 0 Å². The number of thiazole rings is 1. The van der Waals surface area contributed by atoms with Crippen molar-refractivity contribution in [2.45, 2.75) is 0 Å². The van der Waals surface area contributed by atoms with Gasteiger partial charge in [-0.2, -0.15) is 0 Å². The average Bonchev–Trinajstić information content (AvgIpc) is 3.67. The molecule has 4 heteroatoms. The Labute approximate surface area is 232 Å². The van der Waals surface area contributed by atoms with Gasteiger partial charge in [-0.15, -0.1) is 11.3 Å². The fraction of sp³-hybridized carbons (Fsp3) is 0. The Hall–Kier alpha value is -4.51. The number of thiophene rings is 1. The summed E-state index contributed by atoms with van der Waals surface area (Å²) in [6, 6.07) is 44.0. The third-order valence-corrected chi connectivity index (χ3v) is 10.0. The maximum Gasteiger partial charge on any atom is 0.195 e. The summed E-state index contributed by atoms with van der Waals surface area (Å²) in [6.45, 7) is 0. The molecular weight excluding hydrogens is 513 g/mol. The molecule has 0 atom stereocenters. The first-order valence-corrected chi connectivity index (χ1v) is 14.7. The standard InChI is InChI=1S/C35H20N2S2/c1-2-8-22-19-23(14-13-21(22)7-1)24-15-17-30-27(20-24)25-9-3-5-11-29(25)37(30)35-36-28-16-18-32-33(34(28)39-35)26-10-4-6-12-31(26)38-32/h1-20H. The molecule has 2 nitrogen and oxygen atoms in total. The third-order valence-electron chi connectivity index (χ3n) is 7.83. The minimum absolute atomic E-state index is 1.01. The van der Waals surface area contributed by atoms with Crippen LogP contribution < -0.4 is 0 Å². The van der Waals surface area contributed by atoms with Crippen LogP contribution in [-0.4, -0.2) is 9.55 Å². The molecule has 0 spiro atoms. The normalized spacial score (nSPS) is 12.1. The third kappa shape index (κ3) is 3.10. The Bertz CT molecular complexity index is 2400. The quantitative estimate of drug-likeness (QED) is 0.216. The number of benzene rings is 6. The number of rotatable bonds is 2. The predicted molar refractivity (Wildman–Crippen MR) is 170 cm³/mol. The van der Waals surface area contributed by atoms with E-state index in [1.165, 1.54) is 68.6 Å². The molecule has 39 heavy (non-hydrogen) atoms. The van der Waals surface area contributed by atoms with E-state index in [2.05, 4.69) is 126 Å². The summed E-state index contributed by atoms with van der Waals surface area (Å²) < 4.78 is 6.26. The van der Waals surface area contributed by atoms with E-state index < -0.39 is 0 Å². The van der Waals surface area contributed by atoms with Crippen molar-refractivity contribution in [3.8, 4) is 16.3 Å². The molecule has 6 aromatic carbocycles. The lowest BCUT2D eigenvalue weighted by molar-refractivity contribution is 1.15. The van der Waals surface area contributed by atoms with E-state index in [1.54, 1.807) is 11.3 Å². The van der Waals surface area contributed by atoms with Gasteiger partial charge < -0.3 is 0 Å². The molecule has 0 fully saturated rings. The van der Waals surface area contributed by atoms with Gasteiger partial charge in [-0.1, -0.05) is 90.2 Å². The first-order valence-electron chi connectivity index (χ1n) is 13.1. The zero-order valence-corrected chi connectivity index (χ0v) is 22.4. The molecule has 0 saturated carbocycles. The first kappa shape index (κ1) is 21.4. The molecule has 0 saturated heterocycles. The number of fused-ring (bicyclic) bond motifs is 9. The minimum atomic E-state index is 1.01. The fourth-order valence-corrected chi connectivity index (χ4v) is 8.34. The lowest BCUT2D eigenvalue weighted by Crippen LogP contribution is -1.92. The van der Waals surface area contributed by atoms with Gasteiger partial charge in [-0.05, 0) is 64.4 Å². The lowest BCUT2D eigenvalue weighted by Gasteiger charge is -2.06. The molecule has 0 unspecified atom stereocenters. The molecule has 0 radical (unpaired) electrons. The number of hydrogen-bond acceptors (Lipinski definition) is 3. The van der Waals surface area contributed by atoms with Crippen LogP contribution in [0.1, 0.15) is 0 Å². The van der Waals surface area contributed by atoms with Crippen molar-refractivity contribution in [2.24, 2.45) is 0 Å². The van der Waals surface area contributed by atoms with Crippen LogP contribution in [0.25, 0.3) is 79.2 Å². The maximum absolute atomic E-state index is 5.19. The van der Waals surface area contributed by atoms with Gasteiger partial charge in [0.2, 0.25) is 0 Å². The molecule has 0 bridgehead atoms. The Morgan fingerprint density at radius 3 is 2.21 bits per heavy atom. The number of aromatic nitrogens is 2. The van der Waals surface area contributed by atoms with E-state index in [-0.39, 0.29) is 0 Å². The monoisotopic (exact) mass is 532 g/mol. The van der Waals surface area contributed by atoms with Crippen molar-refractivity contribution in [1.82, 2.24) is 9.55 Å². The smallest absolute Gasteiger partial charge is 0.195 e. The van der Waals surface area contributed by atoms with Crippen molar-refractivity contribution in [3.63, 3.8) is 0 Å². The van der Waals surface area contributed by atoms with E-state index >= 15 is 0 Å². The first-order chi connectivity index (χ1) is 19.3. The van der Waals surface area contributed by atoms with Crippen molar-refractivity contribution in [3.05, 3.63) is 121 Å². The van der Waals surface area contributed by atoms with Crippen molar-refractivity contribution < 1.29 is 0 Å². The molecule has 3 aromatic heterocycles. The molecular formula is C35H20N2S2. The van der Waals surface area contributed by atoms with Gasteiger partial charge >= 0.3 is 0 Å². The molecule has 9 aromatic rings. The number of para-hydroxylation sites is 1. The Morgan fingerprint density at radius 1 is 0.513 bits per heavy atom.